The molecule has 1 aliphatic carbocycles. The van der Waals surface area contributed by atoms with Crippen LogP contribution in [-0.2, 0) is 0 Å². The number of guanidine groups is 1. The fourth-order valence-corrected chi connectivity index (χ4v) is 3.13. The molecule has 2 aliphatic rings. The zero-order valence-electron chi connectivity index (χ0n) is 14.6. The summed E-state index contributed by atoms with van der Waals surface area (Å²) in [6, 6.07) is 8.27. The molecule has 1 unspecified atom stereocenters. The molecule has 134 valence electrons. The lowest BCUT2D eigenvalue weighted by atomic mass is 10.1. The Balaban J connectivity index is 0.00000208. The number of halogens is 1. The number of benzene rings is 1. The summed E-state index contributed by atoms with van der Waals surface area (Å²) in [6.45, 7) is 4.17. The predicted octanol–water partition coefficient (Wildman–Crippen LogP) is 2.71. The summed E-state index contributed by atoms with van der Waals surface area (Å²) in [4.78, 5) is 6.74. The van der Waals surface area contributed by atoms with Crippen molar-refractivity contribution in [2.75, 3.05) is 45.2 Å². The van der Waals surface area contributed by atoms with E-state index in [-0.39, 0.29) is 24.0 Å². The third-order valence-electron chi connectivity index (χ3n) is 4.75. The van der Waals surface area contributed by atoms with E-state index in [1.54, 1.807) is 7.11 Å². The van der Waals surface area contributed by atoms with Crippen molar-refractivity contribution in [2.24, 2.45) is 16.8 Å². The average molecular weight is 444 g/mol. The maximum Gasteiger partial charge on any atom is 0.190 e. The van der Waals surface area contributed by atoms with Crippen LogP contribution in [0.3, 0.4) is 0 Å². The van der Waals surface area contributed by atoms with Crippen LogP contribution in [0, 0.1) is 11.8 Å². The third-order valence-corrected chi connectivity index (χ3v) is 4.75. The molecule has 5 nitrogen and oxygen atoms in total. The molecule has 24 heavy (non-hydrogen) atoms. The molecule has 1 saturated carbocycles. The van der Waals surface area contributed by atoms with Crippen molar-refractivity contribution in [2.45, 2.75) is 19.3 Å². The lowest BCUT2D eigenvalue weighted by molar-refractivity contribution is 0.414. The van der Waals surface area contributed by atoms with E-state index in [2.05, 4.69) is 32.7 Å². The van der Waals surface area contributed by atoms with E-state index < -0.39 is 0 Å². The minimum absolute atomic E-state index is 0. The van der Waals surface area contributed by atoms with Gasteiger partial charge in [0.1, 0.15) is 5.75 Å². The van der Waals surface area contributed by atoms with Crippen LogP contribution >= 0.6 is 24.0 Å². The zero-order valence-corrected chi connectivity index (χ0v) is 17.0. The number of nitrogens with one attached hydrogen (secondary N) is 2. The van der Waals surface area contributed by atoms with Gasteiger partial charge in [-0.15, -0.1) is 24.0 Å². The molecule has 1 atom stereocenters. The van der Waals surface area contributed by atoms with Crippen molar-refractivity contribution in [1.82, 2.24) is 10.6 Å². The van der Waals surface area contributed by atoms with E-state index in [0.717, 1.165) is 43.8 Å². The molecule has 0 amide bonds. The smallest absolute Gasteiger partial charge is 0.190 e. The van der Waals surface area contributed by atoms with Crippen LogP contribution in [0.5, 0.6) is 5.75 Å². The summed E-state index contributed by atoms with van der Waals surface area (Å²) in [6.07, 6.45) is 3.92. The first-order valence-electron chi connectivity index (χ1n) is 8.62. The van der Waals surface area contributed by atoms with E-state index in [1.165, 1.54) is 24.9 Å². The van der Waals surface area contributed by atoms with Gasteiger partial charge in [0.15, 0.2) is 5.96 Å². The summed E-state index contributed by atoms with van der Waals surface area (Å²) >= 11 is 0. The number of para-hydroxylation sites is 2. The molecule has 0 spiro atoms. The Kier molecular flexibility index (Phi) is 7.45. The Morgan fingerprint density at radius 1 is 1.17 bits per heavy atom. The molecule has 6 heteroatoms. The first-order valence-corrected chi connectivity index (χ1v) is 8.62. The highest BCUT2D eigenvalue weighted by Crippen LogP contribution is 2.31. The molecular weight excluding hydrogens is 415 g/mol. The van der Waals surface area contributed by atoms with Gasteiger partial charge in [-0.05, 0) is 43.2 Å². The SMILES string of the molecule is CN=C(NCC1CC1)NCC1CCN(c2ccccc2OC)C1.I. The van der Waals surface area contributed by atoms with E-state index in [4.69, 9.17) is 4.74 Å². The summed E-state index contributed by atoms with van der Waals surface area (Å²) < 4.78 is 5.48. The Labute approximate surface area is 162 Å². The summed E-state index contributed by atoms with van der Waals surface area (Å²) in [5, 5.41) is 6.90. The zero-order chi connectivity index (χ0) is 16.1. The van der Waals surface area contributed by atoms with Gasteiger partial charge in [0.25, 0.3) is 0 Å². The summed E-state index contributed by atoms with van der Waals surface area (Å²) in [7, 11) is 3.58. The van der Waals surface area contributed by atoms with E-state index in [1.807, 2.05) is 19.2 Å². The average Bonchev–Trinajstić information content (AvgIpc) is 3.31. The van der Waals surface area contributed by atoms with Crippen LogP contribution in [0.15, 0.2) is 29.3 Å². The van der Waals surface area contributed by atoms with Gasteiger partial charge < -0.3 is 20.3 Å². The second-order valence-electron chi connectivity index (χ2n) is 6.55. The third kappa shape index (κ3) is 5.16. The van der Waals surface area contributed by atoms with Crippen LogP contribution in [-0.4, -0.2) is 46.3 Å². The number of aliphatic imine (C=N–C) groups is 1. The largest absolute Gasteiger partial charge is 0.495 e. The van der Waals surface area contributed by atoms with Gasteiger partial charge in [0.05, 0.1) is 12.8 Å². The van der Waals surface area contributed by atoms with Crippen molar-refractivity contribution in [1.29, 1.82) is 0 Å². The monoisotopic (exact) mass is 444 g/mol. The number of nitrogens with zero attached hydrogens (tertiary/aromatic N) is 2. The lowest BCUT2D eigenvalue weighted by Gasteiger charge is -2.21. The molecule has 2 N–H and O–H groups in total. The molecule has 1 aliphatic heterocycles. The van der Waals surface area contributed by atoms with Crippen LogP contribution in [0.4, 0.5) is 5.69 Å². The van der Waals surface area contributed by atoms with Crippen LogP contribution in [0.2, 0.25) is 0 Å². The van der Waals surface area contributed by atoms with Crippen LogP contribution in [0.25, 0.3) is 0 Å². The van der Waals surface area contributed by atoms with E-state index in [0.29, 0.717) is 5.92 Å². The van der Waals surface area contributed by atoms with Crippen molar-refractivity contribution in [3.63, 3.8) is 0 Å². The van der Waals surface area contributed by atoms with Crippen molar-refractivity contribution < 1.29 is 4.74 Å². The maximum atomic E-state index is 5.48. The van der Waals surface area contributed by atoms with Gasteiger partial charge in [-0.3, -0.25) is 4.99 Å². The lowest BCUT2D eigenvalue weighted by Crippen LogP contribution is -2.41. The normalized spacial score (nSPS) is 20.5. The Bertz CT molecular complexity index is 548. The number of ether oxygens (including phenoxy) is 1. The fourth-order valence-electron chi connectivity index (χ4n) is 3.13. The number of methoxy groups -OCH3 is 1. The molecule has 0 radical (unpaired) electrons. The van der Waals surface area contributed by atoms with Crippen LogP contribution < -0.4 is 20.3 Å². The first-order chi connectivity index (χ1) is 11.3. The maximum absolute atomic E-state index is 5.48. The summed E-state index contributed by atoms with van der Waals surface area (Å²) in [5.41, 5.74) is 1.20. The van der Waals surface area contributed by atoms with Crippen LogP contribution in [0.1, 0.15) is 19.3 Å². The Morgan fingerprint density at radius 3 is 2.54 bits per heavy atom. The number of rotatable bonds is 6. The molecule has 2 fully saturated rings. The minimum Gasteiger partial charge on any atom is -0.495 e. The van der Waals surface area contributed by atoms with Gasteiger partial charge in [-0.1, -0.05) is 12.1 Å². The van der Waals surface area contributed by atoms with E-state index in [9.17, 15) is 0 Å². The number of anilines is 1. The topological polar surface area (TPSA) is 48.9 Å². The van der Waals surface area contributed by atoms with Crippen molar-refractivity contribution in [3.05, 3.63) is 24.3 Å². The summed E-state index contributed by atoms with van der Waals surface area (Å²) in [5.74, 6) is 3.40. The Hall–Kier alpha value is -1.18. The first kappa shape index (κ1) is 19.1. The van der Waals surface area contributed by atoms with Gasteiger partial charge in [-0.2, -0.15) is 0 Å². The minimum atomic E-state index is 0. The van der Waals surface area contributed by atoms with Crippen molar-refractivity contribution in [3.8, 4) is 5.75 Å². The molecule has 1 heterocycles. The Morgan fingerprint density at radius 2 is 1.88 bits per heavy atom. The highest BCUT2D eigenvalue weighted by Gasteiger charge is 2.25. The van der Waals surface area contributed by atoms with Gasteiger partial charge >= 0.3 is 0 Å². The predicted molar refractivity (Wildman–Crippen MR) is 111 cm³/mol. The molecular formula is C18H29IN4O. The molecule has 1 aromatic rings. The molecule has 3 rings (SSSR count). The van der Waals surface area contributed by atoms with Gasteiger partial charge in [0, 0.05) is 33.2 Å². The quantitative estimate of drug-likeness (QED) is 0.403. The number of hydrogen-bond acceptors (Lipinski definition) is 3. The standard InChI is InChI=1S/C18H28N4O.HI/c1-19-18(20-11-14-7-8-14)21-12-15-9-10-22(13-15)16-5-3-4-6-17(16)23-2;/h3-6,14-15H,7-13H2,1-2H3,(H2,19,20,21);1H. The number of hydrogen-bond donors (Lipinski definition) is 2. The van der Waals surface area contributed by atoms with Gasteiger partial charge in [0.2, 0.25) is 0 Å². The highest BCUT2D eigenvalue weighted by atomic mass is 127. The van der Waals surface area contributed by atoms with Crippen molar-refractivity contribution >= 4 is 35.6 Å². The molecule has 1 saturated heterocycles. The second-order valence-corrected chi connectivity index (χ2v) is 6.55. The fraction of sp³-hybridized carbons (Fsp3) is 0.611. The molecule has 0 aromatic heterocycles. The highest BCUT2D eigenvalue weighted by molar-refractivity contribution is 14.0. The van der Waals surface area contributed by atoms with E-state index >= 15 is 0 Å². The van der Waals surface area contributed by atoms with Gasteiger partial charge in [-0.25, -0.2) is 0 Å². The molecule has 1 aromatic carbocycles. The second kappa shape index (κ2) is 9.34. The molecule has 0 bridgehead atoms.